The number of sulfonamides is 1. The molecular formula is C23H26N2O3S. The van der Waals surface area contributed by atoms with Crippen LogP contribution in [0.3, 0.4) is 0 Å². The summed E-state index contributed by atoms with van der Waals surface area (Å²) in [6, 6.07) is 22.6. The Balaban J connectivity index is 1.78. The second kappa shape index (κ2) is 9.22. The van der Waals surface area contributed by atoms with Gasteiger partial charge in [0.15, 0.2) is 0 Å². The predicted octanol–water partition coefficient (Wildman–Crippen LogP) is 3.90. The minimum atomic E-state index is -3.61. The van der Waals surface area contributed by atoms with Crippen LogP contribution in [0.1, 0.15) is 11.1 Å². The van der Waals surface area contributed by atoms with Gasteiger partial charge in [0.05, 0.1) is 12.0 Å². The summed E-state index contributed by atoms with van der Waals surface area (Å²) in [6.07, 6.45) is 0. The first-order valence-electron chi connectivity index (χ1n) is 9.35. The monoisotopic (exact) mass is 410 g/mol. The van der Waals surface area contributed by atoms with Crippen molar-refractivity contribution >= 4 is 10.0 Å². The van der Waals surface area contributed by atoms with Gasteiger partial charge in [0.1, 0.15) is 5.75 Å². The van der Waals surface area contributed by atoms with Crippen molar-refractivity contribution in [1.29, 1.82) is 0 Å². The van der Waals surface area contributed by atoms with Gasteiger partial charge in [0.25, 0.3) is 0 Å². The normalized spacial score (nSPS) is 11.6. The number of nitrogens with one attached hydrogen (secondary N) is 1. The van der Waals surface area contributed by atoms with Crippen LogP contribution in [0.25, 0.3) is 11.1 Å². The molecule has 152 valence electrons. The van der Waals surface area contributed by atoms with Crippen LogP contribution < -0.4 is 9.46 Å². The molecule has 0 aromatic heterocycles. The first kappa shape index (κ1) is 21.0. The van der Waals surface area contributed by atoms with Crippen molar-refractivity contribution in [2.75, 3.05) is 21.2 Å². The third-order valence-electron chi connectivity index (χ3n) is 4.60. The molecule has 1 N–H and O–H groups in total. The van der Waals surface area contributed by atoms with E-state index in [-0.39, 0.29) is 11.4 Å². The standard InChI is InChI=1S/C23H26N2O3S/c1-25(2)17-18-8-10-19(11-9-18)23-7-5-4-6-20(23)16-24-29(26,27)22-14-12-21(28-3)13-15-22/h4-15,24H,16-17H2,1-3H3. The average Bonchev–Trinajstić information content (AvgIpc) is 2.73. The van der Waals surface area contributed by atoms with E-state index in [0.717, 1.165) is 23.2 Å². The van der Waals surface area contributed by atoms with Crippen molar-refractivity contribution in [1.82, 2.24) is 9.62 Å². The molecule has 0 aliphatic heterocycles. The molecule has 3 rings (SSSR count). The highest BCUT2D eigenvalue weighted by Crippen LogP contribution is 2.25. The van der Waals surface area contributed by atoms with Gasteiger partial charge in [0, 0.05) is 13.1 Å². The zero-order chi connectivity index (χ0) is 20.9. The van der Waals surface area contributed by atoms with E-state index in [1.54, 1.807) is 19.2 Å². The topological polar surface area (TPSA) is 58.6 Å². The first-order valence-corrected chi connectivity index (χ1v) is 10.8. The Morgan fingerprint density at radius 2 is 1.55 bits per heavy atom. The van der Waals surface area contributed by atoms with Gasteiger partial charge in [-0.3, -0.25) is 0 Å². The minimum Gasteiger partial charge on any atom is -0.497 e. The molecule has 0 saturated heterocycles. The van der Waals surface area contributed by atoms with E-state index in [1.165, 1.54) is 17.7 Å². The summed E-state index contributed by atoms with van der Waals surface area (Å²) in [5, 5.41) is 0. The van der Waals surface area contributed by atoms with E-state index in [1.807, 2.05) is 38.4 Å². The van der Waals surface area contributed by atoms with Gasteiger partial charge in [-0.1, -0.05) is 48.5 Å². The van der Waals surface area contributed by atoms with Gasteiger partial charge < -0.3 is 9.64 Å². The number of rotatable bonds is 8. The zero-order valence-electron chi connectivity index (χ0n) is 16.9. The number of ether oxygens (including phenoxy) is 1. The lowest BCUT2D eigenvalue weighted by Gasteiger charge is -2.13. The SMILES string of the molecule is COc1ccc(S(=O)(=O)NCc2ccccc2-c2ccc(CN(C)C)cc2)cc1. The van der Waals surface area contributed by atoms with Crippen molar-refractivity contribution in [2.24, 2.45) is 0 Å². The summed E-state index contributed by atoms with van der Waals surface area (Å²) in [7, 11) is 2.01. The Morgan fingerprint density at radius 3 is 2.17 bits per heavy atom. The van der Waals surface area contributed by atoms with Crippen LogP contribution >= 0.6 is 0 Å². The highest BCUT2D eigenvalue weighted by molar-refractivity contribution is 7.89. The molecule has 0 fully saturated rings. The zero-order valence-corrected chi connectivity index (χ0v) is 17.7. The molecule has 6 heteroatoms. The molecule has 0 radical (unpaired) electrons. The molecule has 0 unspecified atom stereocenters. The van der Waals surface area contributed by atoms with Crippen LogP contribution in [-0.4, -0.2) is 34.5 Å². The molecule has 3 aromatic carbocycles. The summed E-state index contributed by atoms with van der Waals surface area (Å²) in [5.74, 6) is 0.618. The predicted molar refractivity (Wildman–Crippen MR) is 116 cm³/mol. The minimum absolute atomic E-state index is 0.212. The lowest BCUT2D eigenvalue weighted by Crippen LogP contribution is -2.23. The summed E-state index contributed by atoms with van der Waals surface area (Å²) < 4.78 is 33.1. The lowest BCUT2D eigenvalue weighted by atomic mass is 9.99. The Labute approximate surface area is 173 Å². The van der Waals surface area contributed by atoms with Gasteiger partial charge in [-0.05, 0) is 60.6 Å². The Kier molecular flexibility index (Phi) is 6.69. The van der Waals surface area contributed by atoms with E-state index >= 15 is 0 Å². The highest BCUT2D eigenvalue weighted by Gasteiger charge is 2.15. The van der Waals surface area contributed by atoms with Crippen LogP contribution in [-0.2, 0) is 23.1 Å². The molecule has 29 heavy (non-hydrogen) atoms. The largest absolute Gasteiger partial charge is 0.497 e. The number of hydrogen-bond donors (Lipinski definition) is 1. The number of methoxy groups -OCH3 is 1. The summed E-state index contributed by atoms with van der Waals surface area (Å²) >= 11 is 0. The lowest BCUT2D eigenvalue weighted by molar-refractivity contribution is 0.402. The summed E-state index contributed by atoms with van der Waals surface area (Å²) in [5.41, 5.74) is 4.23. The molecule has 0 saturated carbocycles. The molecule has 0 amide bonds. The quantitative estimate of drug-likeness (QED) is 0.612. The van der Waals surface area contributed by atoms with E-state index in [2.05, 4.69) is 33.9 Å². The van der Waals surface area contributed by atoms with Crippen molar-refractivity contribution in [3.05, 3.63) is 83.9 Å². The van der Waals surface area contributed by atoms with Gasteiger partial charge in [-0.15, -0.1) is 0 Å². The molecule has 0 aliphatic carbocycles. The second-order valence-corrected chi connectivity index (χ2v) is 8.86. The Bertz CT molecular complexity index is 1040. The molecule has 0 aliphatic rings. The van der Waals surface area contributed by atoms with Crippen LogP contribution in [0.2, 0.25) is 0 Å². The molecule has 0 spiro atoms. The van der Waals surface area contributed by atoms with Gasteiger partial charge in [-0.2, -0.15) is 0 Å². The van der Waals surface area contributed by atoms with Crippen LogP contribution in [0.4, 0.5) is 0 Å². The Hall–Kier alpha value is -2.67. The molecule has 0 bridgehead atoms. The fourth-order valence-corrected chi connectivity index (χ4v) is 4.13. The van der Waals surface area contributed by atoms with Crippen molar-refractivity contribution in [3.63, 3.8) is 0 Å². The number of nitrogens with zero attached hydrogens (tertiary/aromatic N) is 1. The summed E-state index contributed by atoms with van der Waals surface area (Å²) in [6.45, 7) is 1.09. The van der Waals surface area contributed by atoms with E-state index in [0.29, 0.717) is 5.75 Å². The molecular weight excluding hydrogens is 384 g/mol. The maximum absolute atomic E-state index is 12.6. The second-order valence-electron chi connectivity index (χ2n) is 7.09. The first-order chi connectivity index (χ1) is 13.9. The molecule has 5 nitrogen and oxygen atoms in total. The van der Waals surface area contributed by atoms with Crippen molar-refractivity contribution in [2.45, 2.75) is 18.0 Å². The maximum Gasteiger partial charge on any atom is 0.240 e. The number of hydrogen-bond acceptors (Lipinski definition) is 4. The van der Waals surface area contributed by atoms with E-state index in [4.69, 9.17) is 4.74 Å². The third-order valence-corrected chi connectivity index (χ3v) is 6.02. The smallest absolute Gasteiger partial charge is 0.240 e. The summed E-state index contributed by atoms with van der Waals surface area (Å²) in [4.78, 5) is 2.33. The van der Waals surface area contributed by atoms with Crippen LogP contribution in [0.5, 0.6) is 5.75 Å². The third kappa shape index (κ3) is 5.44. The highest BCUT2D eigenvalue weighted by atomic mass is 32.2. The average molecular weight is 411 g/mol. The fourth-order valence-electron chi connectivity index (χ4n) is 3.12. The number of benzene rings is 3. The van der Waals surface area contributed by atoms with E-state index < -0.39 is 10.0 Å². The van der Waals surface area contributed by atoms with Crippen molar-refractivity contribution < 1.29 is 13.2 Å². The van der Waals surface area contributed by atoms with Crippen LogP contribution in [0.15, 0.2) is 77.7 Å². The van der Waals surface area contributed by atoms with Crippen LogP contribution in [0, 0.1) is 0 Å². The Morgan fingerprint density at radius 1 is 0.897 bits per heavy atom. The van der Waals surface area contributed by atoms with E-state index in [9.17, 15) is 8.42 Å². The van der Waals surface area contributed by atoms with Gasteiger partial charge >= 0.3 is 0 Å². The van der Waals surface area contributed by atoms with Gasteiger partial charge in [0.2, 0.25) is 10.0 Å². The maximum atomic E-state index is 12.6. The molecule has 0 heterocycles. The molecule has 3 aromatic rings. The van der Waals surface area contributed by atoms with Gasteiger partial charge in [-0.25, -0.2) is 13.1 Å². The van der Waals surface area contributed by atoms with Crippen molar-refractivity contribution in [3.8, 4) is 16.9 Å². The fraction of sp³-hybridized carbons (Fsp3) is 0.217. The molecule has 0 atom stereocenters.